The molecule has 0 bridgehead atoms. The average Bonchev–Trinajstić information content (AvgIpc) is 3.55. The van der Waals surface area contributed by atoms with Gasteiger partial charge >= 0.3 is 0 Å². The lowest BCUT2D eigenvalue weighted by molar-refractivity contribution is 0.0766. The molecule has 0 spiro atoms. The molecule has 1 atom stereocenters. The molecule has 3 aromatic rings. The van der Waals surface area contributed by atoms with E-state index < -0.39 is 0 Å². The van der Waals surface area contributed by atoms with Gasteiger partial charge in [-0.1, -0.05) is 12.1 Å². The molecule has 1 fully saturated rings. The molecule has 186 valence electrons. The number of piperazine rings is 1. The number of aryl methyl sites for hydroxylation is 1. The molecule has 1 aliphatic carbocycles. The number of benzene rings is 1. The standard InChI is InChI=1S/C27H35N5O3/c1-4-32-23-12-11-20(30-13-15-31(16-14-30)24-9-5-6-10-25(24)34-3)18-22(23)26(28-32)27(33)29(2)19-21-8-7-17-35-21/h5-10,17,20H,4,11-16,18-19H2,1-3H3. The molecule has 1 unspecified atom stereocenters. The molecule has 2 aliphatic rings. The van der Waals surface area contributed by atoms with Crippen molar-refractivity contribution in [1.29, 1.82) is 0 Å². The van der Waals surface area contributed by atoms with Crippen LogP contribution in [0.25, 0.3) is 0 Å². The van der Waals surface area contributed by atoms with E-state index >= 15 is 0 Å². The average molecular weight is 478 g/mol. The summed E-state index contributed by atoms with van der Waals surface area (Å²) < 4.78 is 13.0. The van der Waals surface area contributed by atoms with Gasteiger partial charge in [-0.25, -0.2) is 0 Å². The van der Waals surface area contributed by atoms with E-state index in [1.165, 1.54) is 5.69 Å². The number of para-hydroxylation sites is 2. The maximum absolute atomic E-state index is 13.4. The number of methoxy groups -OCH3 is 1. The van der Waals surface area contributed by atoms with Gasteiger partial charge in [-0.05, 0) is 50.5 Å². The third-order valence-corrected chi connectivity index (χ3v) is 7.40. The number of aromatic nitrogens is 2. The Morgan fingerprint density at radius 3 is 2.69 bits per heavy atom. The molecule has 3 heterocycles. The van der Waals surface area contributed by atoms with Crippen LogP contribution in [-0.2, 0) is 25.9 Å². The summed E-state index contributed by atoms with van der Waals surface area (Å²) in [5, 5.41) is 4.77. The SMILES string of the molecule is CCn1nc(C(=O)N(C)Cc2ccco2)c2c1CCC(N1CCN(c3ccccc3OC)CC1)C2. The van der Waals surface area contributed by atoms with Gasteiger partial charge in [-0.2, -0.15) is 5.10 Å². The highest BCUT2D eigenvalue weighted by Gasteiger charge is 2.34. The third kappa shape index (κ3) is 4.67. The van der Waals surface area contributed by atoms with Gasteiger partial charge in [0.25, 0.3) is 5.91 Å². The van der Waals surface area contributed by atoms with E-state index in [2.05, 4.69) is 28.9 Å². The third-order valence-electron chi connectivity index (χ3n) is 7.40. The molecule has 0 radical (unpaired) electrons. The largest absolute Gasteiger partial charge is 0.495 e. The van der Waals surface area contributed by atoms with Crippen molar-refractivity contribution < 1.29 is 13.9 Å². The number of amides is 1. The number of carbonyl (C=O) groups is 1. The summed E-state index contributed by atoms with van der Waals surface area (Å²) in [7, 11) is 3.55. The molecule has 0 N–H and O–H groups in total. The molecule has 5 rings (SSSR count). The van der Waals surface area contributed by atoms with Crippen LogP contribution >= 0.6 is 0 Å². The van der Waals surface area contributed by atoms with E-state index in [1.807, 2.05) is 36.0 Å². The number of rotatable bonds is 7. The minimum Gasteiger partial charge on any atom is -0.495 e. The summed E-state index contributed by atoms with van der Waals surface area (Å²) in [6, 6.07) is 12.4. The topological polar surface area (TPSA) is 67.0 Å². The Morgan fingerprint density at radius 2 is 1.97 bits per heavy atom. The number of anilines is 1. The molecule has 1 saturated heterocycles. The van der Waals surface area contributed by atoms with Crippen LogP contribution < -0.4 is 9.64 Å². The fraction of sp³-hybridized carbons (Fsp3) is 0.481. The van der Waals surface area contributed by atoms with Gasteiger partial charge in [0.05, 0.1) is 25.6 Å². The number of ether oxygens (including phenoxy) is 1. The fourth-order valence-electron chi connectivity index (χ4n) is 5.52. The zero-order valence-corrected chi connectivity index (χ0v) is 20.9. The van der Waals surface area contributed by atoms with Gasteiger partial charge < -0.3 is 19.0 Å². The first-order valence-corrected chi connectivity index (χ1v) is 12.6. The molecular weight excluding hydrogens is 442 g/mol. The molecule has 1 aliphatic heterocycles. The van der Waals surface area contributed by atoms with Crippen molar-refractivity contribution in [1.82, 2.24) is 19.6 Å². The smallest absolute Gasteiger partial charge is 0.274 e. The zero-order chi connectivity index (χ0) is 24.4. The number of hydrogen-bond acceptors (Lipinski definition) is 6. The van der Waals surface area contributed by atoms with Crippen LogP contribution in [0.2, 0.25) is 0 Å². The van der Waals surface area contributed by atoms with Gasteiger partial charge in [0, 0.05) is 57.1 Å². The van der Waals surface area contributed by atoms with Crippen LogP contribution in [0.5, 0.6) is 5.75 Å². The number of carbonyl (C=O) groups excluding carboxylic acids is 1. The van der Waals surface area contributed by atoms with Crippen LogP contribution in [-0.4, -0.2) is 71.9 Å². The minimum absolute atomic E-state index is 0.0357. The van der Waals surface area contributed by atoms with Gasteiger partial charge in [0.15, 0.2) is 5.69 Å². The molecule has 8 nitrogen and oxygen atoms in total. The van der Waals surface area contributed by atoms with Crippen LogP contribution in [0.3, 0.4) is 0 Å². The first-order valence-electron chi connectivity index (χ1n) is 12.6. The van der Waals surface area contributed by atoms with Crippen molar-refractivity contribution in [2.45, 2.75) is 45.3 Å². The summed E-state index contributed by atoms with van der Waals surface area (Å²) in [5.41, 5.74) is 4.13. The lowest BCUT2D eigenvalue weighted by Crippen LogP contribution is -2.52. The Kier molecular flexibility index (Phi) is 6.81. The molecule has 35 heavy (non-hydrogen) atoms. The fourth-order valence-corrected chi connectivity index (χ4v) is 5.52. The van der Waals surface area contributed by atoms with Crippen molar-refractivity contribution >= 4 is 11.6 Å². The quantitative estimate of drug-likeness (QED) is 0.519. The lowest BCUT2D eigenvalue weighted by atomic mass is 9.89. The van der Waals surface area contributed by atoms with Gasteiger partial charge in [0.1, 0.15) is 11.5 Å². The van der Waals surface area contributed by atoms with E-state index in [9.17, 15) is 4.79 Å². The van der Waals surface area contributed by atoms with E-state index in [-0.39, 0.29) is 5.91 Å². The normalized spacial score (nSPS) is 18.4. The highest BCUT2D eigenvalue weighted by atomic mass is 16.5. The first kappa shape index (κ1) is 23.5. The van der Waals surface area contributed by atoms with Crippen molar-refractivity contribution in [3.05, 3.63) is 65.4 Å². The number of furan rings is 1. The maximum Gasteiger partial charge on any atom is 0.274 e. The van der Waals surface area contributed by atoms with Crippen LogP contribution in [0.4, 0.5) is 5.69 Å². The van der Waals surface area contributed by atoms with Crippen LogP contribution in [0.15, 0.2) is 47.1 Å². The van der Waals surface area contributed by atoms with Crippen molar-refractivity contribution in [2.75, 3.05) is 45.2 Å². The van der Waals surface area contributed by atoms with Gasteiger partial charge in [-0.15, -0.1) is 0 Å². The Hall–Kier alpha value is -3.26. The monoisotopic (exact) mass is 477 g/mol. The van der Waals surface area contributed by atoms with Gasteiger partial charge in [0.2, 0.25) is 0 Å². The van der Waals surface area contributed by atoms with Crippen LogP contribution in [0, 0.1) is 0 Å². The summed E-state index contributed by atoms with van der Waals surface area (Å²) >= 11 is 0. The summed E-state index contributed by atoms with van der Waals surface area (Å²) in [4.78, 5) is 20.1. The van der Waals surface area contributed by atoms with Crippen LogP contribution in [0.1, 0.15) is 40.9 Å². The second-order valence-corrected chi connectivity index (χ2v) is 9.42. The Balaban J connectivity index is 1.29. The Bertz CT molecular complexity index is 1150. The minimum atomic E-state index is -0.0357. The molecule has 2 aromatic heterocycles. The van der Waals surface area contributed by atoms with E-state index in [0.717, 1.165) is 74.7 Å². The first-order chi connectivity index (χ1) is 17.1. The van der Waals surface area contributed by atoms with E-state index in [4.69, 9.17) is 14.3 Å². The Labute approximate surface area is 207 Å². The molecule has 0 saturated carbocycles. The summed E-state index contributed by atoms with van der Waals surface area (Å²) in [6.45, 7) is 7.25. The van der Waals surface area contributed by atoms with Crippen molar-refractivity contribution in [3.8, 4) is 5.75 Å². The molecule has 1 aromatic carbocycles. The zero-order valence-electron chi connectivity index (χ0n) is 20.9. The Morgan fingerprint density at radius 1 is 1.17 bits per heavy atom. The van der Waals surface area contributed by atoms with E-state index in [0.29, 0.717) is 18.3 Å². The lowest BCUT2D eigenvalue weighted by Gasteiger charge is -2.41. The highest BCUT2D eigenvalue weighted by Crippen LogP contribution is 2.31. The highest BCUT2D eigenvalue weighted by molar-refractivity contribution is 5.94. The molecule has 1 amide bonds. The van der Waals surface area contributed by atoms with E-state index in [1.54, 1.807) is 18.3 Å². The second-order valence-electron chi connectivity index (χ2n) is 9.42. The number of hydrogen-bond donors (Lipinski definition) is 0. The summed E-state index contributed by atoms with van der Waals surface area (Å²) in [5.74, 6) is 1.67. The summed E-state index contributed by atoms with van der Waals surface area (Å²) in [6.07, 6.45) is 4.57. The van der Waals surface area contributed by atoms with Gasteiger partial charge in [-0.3, -0.25) is 14.4 Å². The second kappa shape index (κ2) is 10.2. The predicted molar refractivity (Wildman–Crippen MR) is 135 cm³/mol. The number of nitrogens with zero attached hydrogens (tertiary/aromatic N) is 5. The maximum atomic E-state index is 13.4. The molecular formula is C27H35N5O3. The number of fused-ring (bicyclic) bond motifs is 1. The molecule has 8 heteroatoms. The van der Waals surface area contributed by atoms with Crippen molar-refractivity contribution in [2.24, 2.45) is 0 Å². The predicted octanol–water partition coefficient (Wildman–Crippen LogP) is 3.46. The van der Waals surface area contributed by atoms with Crippen molar-refractivity contribution in [3.63, 3.8) is 0 Å².